The molecule has 5 heteroatoms. The second kappa shape index (κ2) is 14.6. The Bertz CT molecular complexity index is 2480. The highest BCUT2D eigenvalue weighted by atomic mass is 28.3. The molecule has 0 amide bonds. The minimum absolute atomic E-state index is 1.10. The quantitative estimate of drug-likeness (QED) is 0.122. The number of anilines is 3. The number of hydrazine groups is 2. The Labute approximate surface area is 337 Å². The molecule has 0 radical (unpaired) electrons. The maximum Gasteiger partial charge on any atom is 0.179 e. The predicted molar refractivity (Wildman–Crippen MR) is 245 cm³/mol. The zero-order chi connectivity index (χ0) is 38.1. The summed E-state index contributed by atoms with van der Waals surface area (Å²) in [6.07, 6.45) is 8.56. The average Bonchev–Trinajstić information content (AvgIpc) is 3.63. The number of nitrogens with zero attached hydrogens (tertiary/aromatic N) is 3. The van der Waals surface area contributed by atoms with Crippen LogP contribution in [0.4, 0.5) is 17.1 Å². The number of benzene rings is 8. The third-order valence-corrected chi connectivity index (χ3v) is 21.2. The van der Waals surface area contributed by atoms with Crippen LogP contribution in [-0.4, -0.2) is 21.3 Å². The summed E-state index contributed by atoms with van der Waals surface area (Å²) in [6.45, 7) is 0. The second-order valence-electron chi connectivity index (χ2n) is 14.6. The number of allylic oxidation sites excluding steroid dienone is 2. The van der Waals surface area contributed by atoms with Gasteiger partial charge in [0, 0.05) is 12.4 Å². The molecular formula is C52H41N3Si2. The summed E-state index contributed by atoms with van der Waals surface area (Å²) in [5.74, 6) is 0. The largest absolute Gasteiger partial charge is 0.240 e. The van der Waals surface area contributed by atoms with Gasteiger partial charge in [0.2, 0.25) is 0 Å². The standard InChI is InChI=1S/C52H41N3Si2/c1-7-21-43(22-8-1)56(44-23-9-2-10-24-44,45-25-11-3-12-26-45)49-35-33-42(34-36-49)55-51-38-37-50(41-52(51)53-39-19-20-40-54(53)55)57(46-27-13-4-14-28-46,47-29-15-5-16-30-47)48-31-17-6-18-32-48/h1-41H. The zero-order valence-electron chi connectivity index (χ0n) is 31.5. The van der Waals surface area contributed by atoms with E-state index in [2.05, 4.69) is 264 Å². The fourth-order valence-electron chi connectivity index (χ4n) is 9.22. The molecule has 8 aromatic carbocycles. The van der Waals surface area contributed by atoms with Crippen LogP contribution in [0.2, 0.25) is 0 Å². The molecule has 0 saturated carbocycles. The van der Waals surface area contributed by atoms with Crippen LogP contribution in [-0.2, 0) is 0 Å². The highest BCUT2D eigenvalue weighted by Gasteiger charge is 2.44. The van der Waals surface area contributed by atoms with Crippen molar-refractivity contribution in [2.24, 2.45) is 0 Å². The van der Waals surface area contributed by atoms with Crippen LogP contribution in [0.25, 0.3) is 0 Å². The Hall–Kier alpha value is -6.93. The van der Waals surface area contributed by atoms with E-state index >= 15 is 0 Å². The molecule has 2 aliphatic rings. The SMILES string of the molecule is C1=CN2c3cc([Si](c4ccccc4)(c4ccccc4)c4ccccc4)ccc3N(c3ccc([Si](c4ccccc4)(c4ccccc4)c4ccccc4)cc3)N2C=C1. The summed E-state index contributed by atoms with van der Waals surface area (Å²) in [6, 6.07) is 83.4. The molecule has 3 nitrogen and oxygen atoms in total. The van der Waals surface area contributed by atoms with Crippen molar-refractivity contribution < 1.29 is 0 Å². The minimum Gasteiger partial charge on any atom is -0.240 e. The van der Waals surface area contributed by atoms with Crippen LogP contribution >= 0.6 is 0 Å². The monoisotopic (exact) mass is 763 g/mol. The smallest absolute Gasteiger partial charge is 0.179 e. The van der Waals surface area contributed by atoms with E-state index in [0.29, 0.717) is 0 Å². The van der Waals surface area contributed by atoms with Gasteiger partial charge in [-0.15, -0.1) is 0 Å². The summed E-state index contributed by atoms with van der Waals surface area (Å²) in [7, 11) is -5.38. The number of fused-ring (bicyclic) bond motifs is 3. The van der Waals surface area contributed by atoms with Crippen molar-refractivity contribution in [3.8, 4) is 0 Å². The molecule has 0 atom stereocenters. The van der Waals surface area contributed by atoms with E-state index in [4.69, 9.17) is 0 Å². The Balaban J connectivity index is 1.14. The number of hydrogen-bond donors (Lipinski definition) is 0. The first-order chi connectivity index (χ1) is 28.3. The fourth-order valence-corrected chi connectivity index (χ4v) is 18.7. The van der Waals surface area contributed by atoms with E-state index in [1.807, 2.05) is 0 Å². The van der Waals surface area contributed by atoms with Crippen molar-refractivity contribution in [2.45, 2.75) is 0 Å². The van der Waals surface area contributed by atoms with Gasteiger partial charge in [0.05, 0.1) is 17.1 Å². The van der Waals surface area contributed by atoms with Gasteiger partial charge in [-0.05, 0) is 77.9 Å². The predicted octanol–water partition coefficient (Wildman–Crippen LogP) is 6.57. The van der Waals surface area contributed by atoms with Crippen molar-refractivity contribution in [1.29, 1.82) is 0 Å². The van der Waals surface area contributed by atoms with E-state index in [-0.39, 0.29) is 0 Å². The summed E-state index contributed by atoms with van der Waals surface area (Å²) in [5, 5.41) is 17.7. The molecule has 2 heterocycles. The van der Waals surface area contributed by atoms with Gasteiger partial charge in [0.15, 0.2) is 16.1 Å². The van der Waals surface area contributed by atoms with Gasteiger partial charge in [0.1, 0.15) is 0 Å². The van der Waals surface area contributed by atoms with Gasteiger partial charge >= 0.3 is 0 Å². The lowest BCUT2D eigenvalue weighted by molar-refractivity contribution is 0.408. The topological polar surface area (TPSA) is 9.72 Å². The molecule has 0 bridgehead atoms. The first-order valence-corrected chi connectivity index (χ1v) is 23.6. The first-order valence-electron chi connectivity index (χ1n) is 19.6. The van der Waals surface area contributed by atoms with Crippen molar-refractivity contribution >= 4 is 74.7 Å². The third kappa shape index (κ3) is 5.62. The molecule has 0 unspecified atom stereocenters. The lowest BCUT2D eigenvalue weighted by Gasteiger charge is -2.36. The molecule has 8 aromatic rings. The van der Waals surface area contributed by atoms with Crippen LogP contribution in [0.1, 0.15) is 0 Å². The van der Waals surface area contributed by atoms with Crippen LogP contribution in [0.5, 0.6) is 0 Å². The molecule has 272 valence electrons. The molecule has 2 aliphatic heterocycles. The Kier molecular flexibility index (Phi) is 8.86. The van der Waals surface area contributed by atoms with E-state index < -0.39 is 16.1 Å². The highest BCUT2D eigenvalue weighted by Crippen LogP contribution is 2.44. The van der Waals surface area contributed by atoms with Gasteiger partial charge in [-0.2, -0.15) is 5.12 Å². The molecule has 57 heavy (non-hydrogen) atoms. The maximum absolute atomic E-state index is 2.73. The van der Waals surface area contributed by atoms with Crippen molar-refractivity contribution in [2.75, 3.05) is 10.0 Å². The summed E-state index contributed by atoms with van der Waals surface area (Å²) in [4.78, 5) is 0. The Morgan fingerprint density at radius 2 is 0.614 bits per heavy atom. The van der Waals surface area contributed by atoms with Crippen LogP contribution in [0.15, 0.2) is 249 Å². The Morgan fingerprint density at radius 3 is 1.02 bits per heavy atom. The molecule has 0 spiro atoms. The lowest BCUT2D eigenvalue weighted by Crippen LogP contribution is -2.74. The minimum atomic E-state index is -2.73. The zero-order valence-corrected chi connectivity index (χ0v) is 33.5. The molecular weight excluding hydrogens is 723 g/mol. The summed E-state index contributed by atoms with van der Waals surface area (Å²) < 4.78 is 0. The molecule has 0 aromatic heterocycles. The summed E-state index contributed by atoms with van der Waals surface area (Å²) >= 11 is 0. The molecule has 0 N–H and O–H groups in total. The highest BCUT2D eigenvalue weighted by molar-refractivity contribution is 7.20. The number of hydrogen-bond acceptors (Lipinski definition) is 3. The van der Waals surface area contributed by atoms with Crippen LogP contribution < -0.4 is 51.5 Å². The second-order valence-corrected chi connectivity index (χ2v) is 22.2. The lowest BCUT2D eigenvalue weighted by atomic mass is 10.2. The van der Waals surface area contributed by atoms with Gasteiger partial charge < -0.3 is 0 Å². The average molecular weight is 764 g/mol. The van der Waals surface area contributed by atoms with E-state index in [1.165, 1.54) is 41.5 Å². The van der Waals surface area contributed by atoms with Gasteiger partial charge in [-0.1, -0.05) is 200 Å². The van der Waals surface area contributed by atoms with E-state index in [0.717, 1.165) is 17.1 Å². The fraction of sp³-hybridized carbons (Fsp3) is 0. The molecule has 0 aliphatic carbocycles. The summed E-state index contributed by atoms with van der Waals surface area (Å²) in [5.41, 5.74) is 3.39. The van der Waals surface area contributed by atoms with E-state index in [9.17, 15) is 0 Å². The van der Waals surface area contributed by atoms with Gasteiger partial charge in [0.25, 0.3) is 0 Å². The van der Waals surface area contributed by atoms with Gasteiger partial charge in [-0.3, -0.25) is 0 Å². The van der Waals surface area contributed by atoms with Crippen molar-refractivity contribution in [3.05, 3.63) is 249 Å². The van der Waals surface area contributed by atoms with Crippen LogP contribution in [0, 0.1) is 0 Å². The van der Waals surface area contributed by atoms with Gasteiger partial charge in [-0.25, -0.2) is 10.0 Å². The molecule has 0 fully saturated rings. The maximum atomic E-state index is 2.46. The third-order valence-electron chi connectivity index (χ3n) is 11.7. The normalized spacial score (nSPS) is 13.4. The van der Waals surface area contributed by atoms with E-state index in [1.54, 1.807) is 0 Å². The van der Waals surface area contributed by atoms with Crippen molar-refractivity contribution in [1.82, 2.24) is 5.12 Å². The van der Waals surface area contributed by atoms with Crippen LogP contribution in [0.3, 0.4) is 0 Å². The molecule has 0 saturated heterocycles. The Morgan fingerprint density at radius 1 is 0.281 bits per heavy atom. The van der Waals surface area contributed by atoms with Crippen molar-refractivity contribution in [3.63, 3.8) is 0 Å². The molecule has 10 rings (SSSR count). The number of rotatable bonds is 9. The first kappa shape index (κ1) is 34.6.